The lowest BCUT2D eigenvalue weighted by Crippen LogP contribution is -2.42. The number of sulfone groups is 1. The Labute approximate surface area is 161 Å². The Bertz CT molecular complexity index is 834. The van der Waals surface area contributed by atoms with Crippen LogP contribution in [0.4, 0.5) is 5.69 Å². The highest BCUT2D eigenvalue weighted by Gasteiger charge is 2.29. The minimum absolute atomic E-state index is 0.0411. The second kappa shape index (κ2) is 8.00. The molecule has 2 unspecified atom stereocenters. The van der Waals surface area contributed by atoms with Gasteiger partial charge >= 0.3 is 0 Å². The normalized spacial score (nSPS) is 24.6. The van der Waals surface area contributed by atoms with E-state index in [0.717, 1.165) is 31.4 Å². The summed E-state index contributed by atoms with van der Waals surface area (Å²) < 4.78 is 23.0. The van der Waals surface area contributed by atoms with Crippen LogP contribution in [-0.4, -0.2) is 49.2 Å². The maximum Gasteiger partial charge on any atom is 0.254 e. The average Bonchev–Trinajstić information content (AvgIpc) is 2.95. The van der Waals surface area contributed by atoms with Crippen molar-refractivity contribution in [1.29, 1.82) is 0 Å². The highest BCUT2D eigenvalue weighted by molar-refractivity contribution is 7.91. The van der Waals surface area contributed by atoms with Crippen LogP contribution in [0, 0.1) is 12.8 Å². The number of amides is 2. The molecule has 0 radical (unpaired) electrons. The molecule has 2 atom stereocenters. The zero-order chi connectivity index (χ0) is 19.6. The van der Waals surface area contributed by atoms with E-state index >= 15 is 0 Å². The molecule has 2 aliphatic rings. The molecule has 0 aromatic heterocycles. The van der Waals surface area contributed by atoms with Gasteiger partial charge in [-0.15, -0.1) is 0 Å². The number of hydrogen-bond acceptors (Lipinski definition) is 4. The zero-order valence-corrected chi connectivity index (χ0v) is 16.8. The maximum atomic E-state index is 12.8. The van der Waals surface area contributed by atoms with E-state index in [1.54, 1.807) is 12.1 Å². The van der Waals surface area contributed by atoms with Gasteiger partial charge in [0.05, 0.1) is 11.5 Å². The van der Waals surface area contributed by atoms with E-state index < -0.39 is 9.84 Å². The molecular formula is C20H28N2O4S. The van der Waals surface area contributed by atoms with Crippen LogP contribution >= 0.6 is 0 Å². The van der Waals surface area contributed by atoms with Crippen LogP contribution in [0.25, 0.3) is 0 Å². The Balaban J connectivity index is 1.62. The zero-order valence-electron chi connectivity index (χ0n) is 16.0. The second-order valence-electron chi connectivity index (χ2n) is 7.89. The van der Waals surface area contributed by atoms with Crippen molar-refractivity contribution in [2.75, 3.05) is 23.4 Å². The van der Waals surface area contributed by atoms with Gasteiger partial charge < -0.3 is 10.2 Å². The van der Waals surface area contributed by atoms with Crippen molar-refractivity contribution in [3.05, 3.63) is 29.3 Å². The Hall–Kier alpha value is -1.89. The number of anilines is 1. The first-order valence-corrected chi connectivity index (χ1v) is 11.5. The van der Waals surface area contributed by atoms with Crippen LogP contribution < -0.4 is 5.32 Å². The number of benzene rings is 1. The average molecular weight is 393 g/mol. The number of aryl methyl sites for hydroxylation is 1. The number of carbonyl (C=O) groups is 2. The summed E-state index contributed by atoms with van der Waals surface area (Å²) in [6, 6.07) is 5.60. The third-order valence-electron chi connectivity index (χ3n) is 5.61. The first-order valence-electron chi connectivity index (χ1n) is 9.67. The molecule has 2 heterocycles. The fraction of sp³-hybridized carbons (Fsp3) is 0.600. The highest BCUT2D eigenvalue weighted by atomic mass is 32.2. The van der Waals surface area contributed by atoms with Crippen molar-refractivity contribution in [2.24, 2.45) is 5.92 Å². The van der Waals surface area contributed by atoms with E-state index in [9.17, 15) is 18.0 Å². The SMILES string of the molecule is Cc1cc(C(=O)N2CCCCC2C)ccc1NC(=O)CC1CCS(=O)(=O)C1. The molecule has 2 saturated heterocycles. The van der Waals surface area contributed by atoms with Crippen LogP contribution in [0.5, 0.6) is 0 Å². The van der Waals surface area contributed by atoms with E-state index in [0.29, 0.717) is 17.7 Å². The van der Waals surface area contributed by atoms with Crippen LogP contribution in [0.15, 0.2) is 18.2 Å². The largest absolute Gasteiger partial charge is 0.336 e. The minimum Gasteiger partial charge on any atom is -0.336 e. The Kier molecular flexibility index (Phi) is 5.89. The lowest BCUT2D eigenvalue weighted by atomic mass is 10.0. The number of nitrogens with zero attached hydrogens (tertiary/aromatic N) is 1. The second-order valence-corrected chi connectivity index (χ2v) is 10.1. The van der Waals surface area contributed by atoms with Crippen molar-refractivity contribution in [1.82, 2.24) is 4.90 Å². The van der Waals surface area contributed by atoms with E-state index in [1.165, 1.54) is 0 Å². The molecule has 1 aromatic carbocycles. The third-order valence-corrected chi connectivity index (χ3v) is 7.45. The number of hydrogen-bond donors (Lipinski definition) is 1. The van der Waals surface area contributed by atoms with Crippen LogP contribution in [0.2, 0.25) is 0 Å². The van der Waals surface area contributed by atoms with E-state index in [1.807, 2.05) is 17.9 Å². The van der Waals surface area contributed by atoms with E-state index in [2.05, 4.69) is 12.2 Å². The molecule has 0 saturated carbocycles. The lowest BCUT2D eigenvalue weighted by Gasteiger charge is -2.33. The number of carbonyl (C=O) groups excluding carboxylic acids is 2. The summed E-state index contributed by atoms with van der Waals surface area (Å²) >= 11 is 0. The van der Waals surface area contributed by atoms with Crippen molar-refractivity contribution in [2.45, 2.75) is 52.0 Å². The van der Waals surface area contributed by atoms with Gasteiger partial charge in [-0.1, -0.05) is 0 Å². The molecule has 2 aliphatic heterocycles. The smallest absolute Gasteiger partial charge is 0.254 e. The first-order chi connectivity index (χ1) is 12.7. The van der Waals surface area contributed by atoms with Gasteiger partial charge in [-0.2, -0.15) is 0 Å². The van der Waals surface area contributed by atoms with Gasteiger partial charge in [0.2, 0.25) is 5.91 Å². The molecule has 7 heteroatoms. The van der Waals surface area contributed by atoms with Gasteiger partial charge in [0.1, 0.15) is 0 Å². The van der Waals surface area contributed by atoms with Gasteiger partial charge in [-0.3, -0.25) is 9.59 Å². The van der Waals surface area contributed by atoms with Gasteiger partial charge in [0, 0.05) is 30.3 Å². The van der Waals surface area contributed by atoms with Crippen molar-refractivity contribution < 1.29 is 18.0 Å². The number of nitrogens with one attached hydrogen (secondary N) is 1. The van der Waals surface area contributed by atoms with E-state index in [-0.39, 0.29) is 41.7 Å². The molecule has 2 amide bonds. The standard InChI is InChI=1S/C20H28N2O4S/c1-14-11-17(20(24)22-9-4-3-5-15(22)2)6-7-18(14)21-19(23)12-16-8-10-27(25,26)13-16/h6-7,11,15-16H,3-5,8-10,12-13H2,1-2H3,(H,21,23). The Morgan fingerprint density at radius 1 is 1.22 bits per heavy atom. The molecule has 2 fully saturated rings. The topological polar surface area (TPSA) is 83.6 Å². The van der Waals surface area contributed by atoms with E-state index in [4.69, 9.17) is 0 Å². The van der Waals surface area contributed by atoms with Crippen molar-refractivity contribution in [3.63, 3.8) is 0 Å². The molecule has 3 rings (SSSR count). The monoisotopic (exact) mass is 392 g/mol. The maximum absolute atomic E-state index is 12.8. The minimum atomic E-state index is -2.97. The van der Waals surface area contributed by atoms with Gasteiger partial charge in [0.25, 0.3) is 5.91 Å². The molecule has 0 spiro atoms. The quantitative estimate of drug-likeness (QED) is 0.854. The summed E-state index contributed by atoms with van der Waals surface area (Å²) in [5, 5.41) is 2.86. The fourth-order valence-corrected chi connectivity index (χ4v) is 5.86. The van der Waals surface area contributed by atoms with Gasteiger partial charge in [-0.05, 0) is 69.2 Å². The Morgan fingerprint density at radius 2 is 2.00 bits per heavy atom. The summed E-state index contributed by atoms with van der Waals surface area (Å²) in [5.74, 6) is 0.0383. The molecule has 1 aromatic rings. The fourth-order valence-electron chi connectivity index (χ4n) is 4.00. The molecule has 1 N–H and O–H groups in total. The summed E-state index contributed by atoms with van der Waals surface area (Å²) in [4.78, 5) is 27.0. The van der Waals surface area contributed by atoms with Crippen molar-refractivity contribution in [3.8, 4) is 0 Å². The first kappa shape index (κ1) is 19.9. The molecule has 6 nitrogen and oxygen atoms in total. The number of likely N-dealkylation sites (tertiary alicyclic amines) is 1. The molecule has 0 bridgehead atoms. The molecular weight excluding hydrogens is 364 g/mol. The molecule has 27 heavy (non-hydrogen) atoms. The van der Waals surface area contributed by atoms with Gasteiger partial charge in [-0.25, -0.2) is 8.42 Å². The summed E-state index contributed by atoms with van der Waals surface area (Å²) in [6.45, 7) is 4.75. The summed E-state index contributed by atoms with van der Waals surface area (Å²) in [7, 11) is -2.97. The predicted molar refractivity (Wildman–Crippen MR) is 106 cm³/mol. The predicted octanol–water partition coefficient (Wildman–Crippen LogP) is 2.77. The Morgan fingerprint density at radius 3 is 2.63 bits per heavy atom. The van der Waals surface area contributed by atoms with Gasteiger partial charge in [0.15, 0.2) is 9.84 Å². The lowest BCUT2D eigenvalue weighted by molar-refractivity contribution is -0.116. The third kappa shape index (κ3) is 4.89. The van der Waals surface area contributed by atoms with Crippen LogP contribution in [-0.2, 0) is 14.6 Å². The molecule has 0 aliphatic carbocycles. The van der Waals surface area contributed by atoms with Crippen LogP contribution in [0.1, 0.15) is 54.9 Å². The summed E-state index contributed by atoms with van der Waals surface area (Å²) in [5.41, 5.74) is 2.14. The van der Waals surface area contributed by atoms with Crippen molar-refractivity contribution >= 4 is 27.3 Å². The summed E-state index contributed by atoms with van der Waals surface area (Å²) in [6.07, 6.45) is 4.01. The van der Waals surface area contributed by atoms with Crippen LogP contribution in [0.3, 0.4) is 0 Å². The highest BCUT2D eigenvalue weighted by Crippen LogP contribution is 2.24. The number of piperidine rings is 1. The molecule has 148 valence electrons. The number of rotatable bonds is 4.